The maximum atomic E-state index is 11.1. The van der Waals surface area contributed by atoms with E-state index >= 15 is 0 Å². The summed E-state index contributed by atoms with van der Waals surface area (Å²) >= 11 is 0. The number of rotatable bonds is 3. The molecule has 1 aromatic carbocycles. The minimum absolute atomic E-state index is 0.141. The van der Waals surface area contributed by atoms with Gasteiger partial charge < -0.3 is 5.53 Å². The molecule has 0 aliphatic rings. The second kappa shape index (κ2) is 3.98. The van der Waals surface area contributed by atoms with Crippen LogP contribution in [0.4, 0.5) is 0 Å². The third-order valence-corrected chi connectivity index (χ3v) is 2.57. The van der Waals surface area contributed by atoms with Gasteiger partial charge in [-0.3, -0.25) is 0 Å². The first-order valence-corrected chi connectivity index (χ1v) is 5.30. The second-order valence-corrected chi connectivity index (χ2v) is 4.34. The van der Waals surface area contributed by atoms with Crippen molar-refractivity contribution in [3.05, 3.63) is 41.4 Å². The quantitative estimate of drug-likeness (QED) is 0.311. The fraction of sp³-hybridized carbons (Fsp3) is 0.125. The Morgan fingerprint density at radius 3 is 2.46 bits per heavy atom. The third kappa shape index (κ3) is 3.19. The summed E-state index contributed by atoms with van der Waals surface area (Å²) in [5, 5.41) is 0. The van der Waals surface area contributed by atoms with Crippen LogP contribution in [0.5, 0.6) is 0 Å². The lowest BCUT2D eigenvalue weighted by atomic mass is 10.2. The molecule has 0 saturated heterocycles. The molecule has 0 radical (unpaired) electrons. The molecule has 4 nitrogen and oxygen atoms in total. The van der Waals surface area contributed by atoms with Crippen LogP contribution in [-0.4, -0.2) is 18.8 Å². The van der Waals surface area contributed by atoms with E-state index in [1.807, 2.05) is 0 Å². The Kier molecular flexibility index (Phi) is 2.95. The summed E-state index contributed by atoms with van der Waals surface area (Å²) < 4.78 is 22.2. The molecule has 0 N–H and O–H groups in total. The van der Waals surface area contributed by atoms with Gasteiger partial charge in [-0.2, -0.15) is 4.79 Å². The molecule has 0 spiro atoms. The van der Waals surface area contributed by atoms with Crippen LogP contribution in [0.3, 0.4) is 0 Å². The van der Waals surface area contributed by atoms with E-state index in [4.69, 9.17) is 5.53 Å². The fourth-order valence-electron chi connectivity index (χ4n) is 0.916. The largest absolute Gasteiger partial charge is 0.370 e. The van der Waals surface area contributed by atoms with Crippen LogP contribution < -0.4 is 0 Å². The van der Waals surface area contributed by atoms with E-state index in [9.17, 15) is 8.42 Å². The number of benzene rings is 1. The van der Waals surface area contributed by atoms with Crippen LogP contribution in [0.1, 0.15) is 5.56 Å². The molecule has 0 unspecified atom stereocenters. The van der Waals surface area contributed by atoms with E-state index in [-0.39, 0.29) is 5.75 Å². The zero-order chi connectivity index (χ0) is 9.73. The van der Waals surface area contributed by atoms with E-state index in [1.54, 1.807) is 30.3 Å². The molecule has 68 valence electrons. The minimum Gasteiger partial charge on any atom is -0.361 e. The van der Waals surface area contributed by atoms with Crippen molar-refractivity contribution in [1.82, 2.24) is 0 Å². The van der Waals surface area contributed by atoms with Crippen molar-refractivity contribution in [3.63, 3.8) is 0 Å². The molecule has 0 fully saturated rings. The third-order valence-electron chi connectivity index (χ3n) is 1.42. The summed E-state index contributed by atoms with van der Waals surface area (Å²) in [4.78, 5) is 2.49. The number of hydrogen-bond donors (Lipinski definition) is 0. The van der Waals surface area contributed by atoms with Gasteiger partial charge in [-0.25, -0.2) is 8.42 Å². The average Bonchev–Trinajstić information content (AvgIpc) is 2.04. The SMILES string of the molecule is [N-]=[N+]=CS(=O)(=O)Cc1ccccc1. The highest BCUT2D eigenvalue weighted by Crippen LogP contribution is 2.03. The number of nitrogens with zero attached hydrogens (tertiary/aromatic N) is 2. The Balaban J connectivity index is 2.88. The van der Waals surface area contributed by atoms with Gasteiger partial charge in [-0.1, -0.05) is 30.3 Å². The summed E-state index contributed by atoms with van der Waals surface area (Å²) in [5.41, 5.74) is 9.28. The topological polar surface area (TPSA) is 70.5 Å². The van der Waals surface area contributed by atoms with Crippen LogP contribution in [0.2, 0.25) is 0 Å². The zero-order valence-corrected chi connectivity index (χ0v) is 7.61. The molecular formula is C8H8N2O2S. The van der Waals surface area contributed by atoms with Gasteiger partial charge in [0.15, 0.2) is 0 Å². The second-order valence-electron chi connectivity index (χ2n) is 2.51. The van der Waals surface area contributed by atoms with Gasteiger partial charge in [0, 0.05) is 0 Å². The monoisotopic (exact) mass is 196 g/mol. The Labute approximate surface area is 76.4 Å². The van der Waals surface area contributed by atoms with E-state index < -0.39 is 9.84 Å². The van der Waals surface area contributed by atoms with E-state index in [0.717, 1.165) is 0 Å². The molecule has 0 aliphatic carbocycles. The Hall–Kier alpha value is -1.45. The molecule has 0 saturated carbocycles. The van der Waals surface area contributed by atoms with Crippen molar-refractivity contribution in [2.75, 3.05) is 0 Å². The molecule has 0 amide bonds. The molecule has 1 aromatic rings. The number of hydrogen-bond acceptors (Lipinski definition) is 2. The van der Waals surface area contributed by atoms with Crippen molar-refractivity contribution in [1.29, 1.82) is 0 Å². The highest BCUT2D eigenvalue weighted by Gasteiger charge is 2.12. The lowest BCUT2D eigenvalue weighted by molar-refractivity contribution is 0.00752. The zero-order valence-electron chi connectivity index (χ0n) is 6.79. The Bertz CT molecular complexity index is 419. The molecule has 13 heavy (non-hydrogen) atoms. The minimum atomic E-state index is -3.43. The van der Waals surface area contributed by atoms with Crippen LogP contribution in [0, 0.1) is 0 Å². The van der Waals surface area contributed by atoms with Gasteiger partial charge in [-0.05, 0) is 5.56 Å². The predicted molar refractivity (Wildman–Crippen MR) is 48.7 cm³/mol. The average molecular weight is 196 g/mol. The lowest BCUT2D eigenvalue weighted by Gasteiger charge is -1.94. The first-order valence-electron chi connectivity index (χ1n) is 3.58. The highest BCUT2D eigenvalue weighted by atomic mass is 32.2. The van der Waals surface area contributed by atoms with E-state index in [1.165, 1.54) is 0 Å². The molecule has 0 aliphatic heterocycles. The van der Waals surface area contributed by atoms with Gasteiger partial charge in [0.25, 0.3) is 9.84 Å². The van der Waals surface area contributed by atoms with Crippen molar-refractivity contribution in [2.45, 2.75) is 5.75 Å². The summed E-state index contributed by atoms with van der Waals surface area (Å²) in [6.45, 7) is 0. The molecule has 0 aromatic heterocycles. The van der Waals surface area contributed by atoms with Crippen molar-refractivity contribution in [3.8, 4) is 0 Å². The van der Waals surface area contributed by atoms with Crippen LogP contribution >= 0.6 is 0 Å². The molecule has 1 rings (SSSR count). The van der Waals surface area contributed by atoms with E-state index in [0.29, 0.717) is 11.1 Å². The Morgan fingerprint density at radius 1 is 1.31 bits per heavy atom. The van der Waals surface area contributed by atoms with Crippen LogP contribution in [0.25, 0.3) is 5.53 Å². The standard InChI is InChI=1S/C8H8N2O2S/c9-10-7-13(11,12)6-8-4-2-1-3-5-8/h1-5,7H,6H2. The number of sulfone groups is 1. The van der Waals surface area contributed by atoms with E-state index in [2.05, 4.69) is 4.79 Å². The first-order chi connectivity index (χ1) is 6.14. The van der Waals surface area contributed by atoms with Crippen molar-refractivity contribution in [2.24, 2.45) is 0 Å². The fourth-order valence-corrected chi connectivity index (χ4v) is 1.79. The molecule has 0 bridgehead atoms. The summed E-state index contributed by atoms with van der Waals surface area (Å²) in [6.07, 6.45) is 0. The molecule has 5 heteroatoms. The smallest absolute Gasteiger partial charge is 0.361 e. The van der Waals surface area contributed by atoms with Crippen LogP contribution in [0.15, 0.2) is 30.3 Å². The van der Waals surface area contributed by atoms with Gasteiger partial charge >= 0.3 is 5.55 Å². The maximum Gasteiger partial charge on any atom is 0.370 e. The molecule has 0 heterocycles. The predicted octanol–water partition coefficient (Wildman–Crippen LogP) is 0.860. The van der Waals surface area contributed by atoms with Gasteiger partial charge in [0.1, 0.15) is 0 Å². The Morgan fingerprint density at radius 2 is 1.92 bits per heavy atom. The van der Waals surface area contributed by atoms with Crippen LogP contribution in [-0.2, 0) is 15.6 Å². The lowest BCUT2D eigenvalue weighted by Crippen LogP contribution is -2.05. The van der Waals surface area contributed by atoms with Gasteiger partial charge in [-0.15, -0.1) is 0 Å². The van der Waals surface area contributed by atoms with Crippen molar-refractivity contribution < 1.29 is 13.2 Å². The van der Waals surface area contributed by atoms with Gasteiger partial charge in [0.05, 0.1) is 5.75 Å². The molecule has 0 atom stereocenters. The first kappa shape index (κ1) is 9.64. The van der Waals surface area contributed by atoms with Gasteiger partial charge in [0.2, 0.25) is 0 Å². The normalized spacial score (nSPS) is 10.5. The highest BCUT2D eigenvalue weighted by molar-refractivity contribution is 8.03. The van der Waals surface area contributed by atoms with Crippen molar-refractivity contribution >= 4 is 15.4 Å². The maximum absolute atomic E-state index is 11.1. The summed E-state index contributed by atoms with van der Waals surface area (Å²) in [7, 11) is -3.43. The summed E-state index contributed by atoms with van der Waals surface area (Å²) in [6, 6.07) is 8.70. The molecular weight excluding hydrogens is 188 g/mol. The summed E-state index contributed by atoms with van der Waals surface area (Å²) in [5.74, 6) is -0.141.